The second kappa shape index (κ2) is 9.55. The van der Waals surface area contributed by atoms with Gasteiger partial charge in [-0.3, -0.25) is 9.69 Å². The summed E-state index contributed by atoms with van der Waals surface area (Å²) in [5.41, 5.74) is 5.21. The Morgan fingerprint density at radius 1 is 1.11 bits per heavy atom. The predicted molar refractivity (Wildman–Crippen MR) is 124 cm³/mol. The van der Waals surface area contributed by atoms with E-state index in [1.165, 1.54) is 27.6 Å². The summed E-state index contributed by atoms with van der Waals surface area (Å²) < 4.78 is 98.2. The number of aromatic nitrogens is 1. The maximum Gasteiger partial charge on any atom is 1.00 e. The molecule has 206 valence electrons. The Balaban J connectivity index is 0.000000830. The first-order valence-corrected chi connectivity index (χ1v) is 12.9. The molecular formula is C20H27BF10N3OP. The van der Waals surface area contributed by atoms with Crippen molar-refractivity contribution in [3.05, 3.63) is 41.6 Å². The Labute approximate surface area is 203 Å². The Morgan fingerprint density at radius 3 is 2.14 bits per heavy atom. The van der Waals surface area contributed by atoms with E-state index in [1.807, 2.05) is 4.90 Å². The third kappa shape index (κ3) is 9.31. The molecule has 1 aromatic carbocycles. The van der Waals surface area contributed by atoms with E-state index >= 15 is 0 Å². The van der Waals surface area contributed by atoms with Gasteiger partial charge in [0.05, 0.1) is 5.92 Å². The van der Waals surface area contributed by atoms with Gasteiger partial charge in [0.2, 0.25) is 5.91 Å². The van der Waals surface area contributed by atoms with Crippen molar-refractivity contribution in [1.82, 2.24) is 14.8 Å². The molecule has 16 heteroatoms. The first-order chi connectivity index (χ1) is 16.1. The van der Waals surface area contributed by atoms with E-state index in [0.717, 1.165) is 26.1 Å². The molecule has 0 fully saturated rings. The van der Waals surface area contributed by atoms with Gasteiger partial charge >= 0.3 is 43.1 Å². The van der Waals surface area contributed by atoms with Gasteiger partial charge in [-0.15, -0.1) is 0 Å². The molecule has 0 radical (unpaired) electrons. The summed E-state index contributed by atoms with van der Waals surface area (Å²) in [5.74, 6) is 0.210. The molecule has 2 heterocycles. The summed E-state index contributed by atoms with van der Waals surface area (Å²) in [4.78, 5) is 20.6. The normalized spacial score (nSPS) is 21.5. The third-order valence-electron chi connectivity index (χ3n) is 5.66. The molecule has 4 nitrogen and oxygen atoms in total. The van der Waals surface area contributed by atoms with Crippen LogP contribution in [-0.4, -0.2) is 60.7 Å². The zero-order valence-electron chi connectivity index (χ0n) is 21.5. The van der Waals surface area contributed by atoms with Crippen LogP contribution in [0.25, 0.3) is 16.5 Å². The average Bonchev–Trinajstić information content (AvgIpc) is 3.10. The Kier molecular flexibility index (Phi) is 7.95. The number of hydrogen-bond donors (Lipinski definition) is 1. The fourth-order valence-electron chi connectivity index (χ4n) is 4.38. The van der Waals surface area contributed by atoms with E-state index in [-0.39, 0.29) is 14.7 Å². The van der Waals surface area contributed by atoms with Gasteiger partial charge in [-0.2, -0.15) is 0 Å². The van der Waals surface area contributed by atoms with Crippen LogP contribution in [0.5, 0.6) is 0 Å². The molecule has 2 aromatic rings. The molecule has 1 aromatic heterocycles. The van der Waals surface area contributed by atoms with Crippen molar-refractivity contribution in [2.24, 2.45) is 5.92 Å². The average molecular weight is 557 g/mol. The van der Waals surface area contributed by atoms with Crippen molar-refractivity contribution in [2.45, 2.75) is 26.3 Å². The monoisotopic (exact) mass is 557 g/mol. The zero-order valence-corrected chi connectivity index (χ0v) is 20.4. The number of H-pyrrole nitrogens is 1. The third-order valence-corrected chi connectivity index (χ3v) is 5.66. The van der Waals surface area contributed by atoms with Crippen molar-refractivity contribution in [2.75, 3.05) is 26.7 Å². The molecule has 0 bridgehead atoms. The first kappa shape index (κ1) is 30.0. The fraction of sp³-hybridized carbons (Fsp3) is 0.450. The molecule has 0 saturated heterocycles. The van der Waals surface area contributed by atoms with Gasteiger partial charge in [-0.25, -0.2) is 0 Å². The minimum Gasteiger partial charge on any atom is 1.00 e. The van der Waals surface area contributed by atoms with E-state index in [4.69, 9.17) is 0 Å². The van der Waals surface area contributed by atoms with Crippen LogP contribution in [0.15, 0.2) is 30.5 Å². The number of nitrogens with zero attached hydrogens (tertiary/aromatic N) is 2. The summed E-state index contributed by atoms with van der Waals surface area (Å²) in [5, 5.41) is 1.34. The van der Waals surface area contributed by atoms with Gasteiger partial charge in [0.25, 0.3) is 0 Å². The van der Waals surface area contributed by atoms with Gasteiger partial charge in [0.15, 0.2) is 0 Å². The Bertz CT molecular complexity index is 1120. The van der Waals surface area contributed by atoms with Crippen LogP contribution in [0.4, 0.5) is 42.4 Å². The van der Waals surface area contributed by atoms with Crippen molar-refractivity contribution in [3.8, 4) is 0 Å². The molecule has 2 aliphatic rings. The van der Waals surface area contributed by atoms with Crippen LogP contribution in [-0.2, 0) is 11.2 Å². The number of benzene rings is 1. The molecule has 0 unspecified atom stereocenters. The number of nitrogens with one attached hydrogen (secondary N) is 1. The van der Waals surface area contributed by atoms with Gasteiger partial charge in [0.1, 0.15) is 0 Å². The maximum absolute atomic E-state index is 12.9. The first-order valence-electron chi connectivity index (χ1n) is 10.8. The number of likely N-dealkylation sites (N-methyl/N-ethyl adjacent to an activating group) is 1. The topological polar surface area (TPSA) is 39.3 Å². The van der Waals surface area contributed by atoms with Crippen molar-refractivity contribution in [3.63, 3.8) is 0 Å². The van der Waals surface area contributed by atoms with Gasteiger partial charge in [-0.05, 0) is 50.1 Å². The zero-order chi connectivity index (χ0) is 27.8. The largest absolute Gasteiger partial charge is 1.00 e. The quantitative estimate of drug-likeness (QED) is 0.238. The summed E-state index contributed by atoms with van der Waals surface area (Å²) in [6.45, 7) is 6.47. The Hall–Kier alpha value is -2.28. The number of amides is 1. The van der Waals surface area contributed by atoms with Crippen LogP contribution in [0.3, 0.4) is 0 Å². The fourth-order valence-corrected chi connectivity index (χ4v) is 4.38. The number of carbonyl (C=O) groups is 1. The van der Waals surface area contributed by atoms with E-state index in [2.05, 4.69) is 61.3 Å². The molecule has 1 aliphatic heterocycles. The number of halogens is 10. The molecule has 1 amide bonds. The number of aromatic amines is 1. The van der Waals surface area contributed by atoms with Crippen LogP contribution in [0.2, 0.25) is 0 Å². The molecule has 0 spiro atoms. The second-order valence-corrected chi connectivity index (χ2v) is 10.3. The van der Waals surface area contributed by atoms with Crippen molar-refractivity contribution < 1.29 is 50.1 Å². The standard InChI is InChI=1S/C20H25N3O.BF4.F6P/c1-4-23(5-2)20(24)14-9-16-15-7-6-8-17-19(15)13(11-21-17)10-18(16)22(3)12-14;2-1(3,4)5;1-7(2,3,4,5)6/h6-9,11,14,18,21H,4-5,10,12H2,1-3H3;;/q;2*-1/p+2/t14-,18-;;/m1../s1. The summed E-state index contributed by atoms with van der Waals surface area (Å²) in [6, 6.07) is 6.82. The molecule has 1 aliphatic carbocycles. The molecular weight excluding hydrogens is 530 g/mol. The minimum absolute atomic E-state index is 0. The van der Waals surface area contributed by atoms with Crippen molar-refractivity contribution in [1.29, 1.82) is 0 Å². The van der Waals surface area contributed by atoms with Gasteiger partial charge < -0.3 is 27.1 Å². The van der Waals surface area contributed by atoms with E-state index in [1.54, 1.807) is 0 Å². The summed E-state index contributed by atoms with van der Waals surface area (Å²) in [7, 11) is -14.5. The van der Waals surface area contributed by atoms with Crippen LogP contribution in [0.1, 0.15) is 27.8 Å². The summed E-state index contributed by atoms with van der Waals surface area (Å²) >= 11 is 0. The van der Waals surface area contributed by atoms with Crippen molar-refractivity contribution >= 4 is 37.4 Å². The molecule has 1 N–H and O–H groups in total. The number of hydrogen-bond acceptors (Lipinski definition) is 2. The van der Waals surface area contributed by atoms with E-state index in [0.29, 0.717) is 6.04 Å². The SMILES string of the molecule is CCN(CC)C(=O)[C@@H]1C=C2c3cccc4[nH]cc(c34)C[C@H]2N(C)C1.F[B-](F)(F)F.F[P-](F)(F)(F)(F)F.[H+].[H+]. The number of fused-ring (bicyclic) bond motifs is 2. The Morgan fingerprint density at radius 2 is 1.64 bits per heavy atom. The minimum atomic E-state index is -10.7. The molecule has 2 atom stereocenters. The molecule has 4 rings (SSSR count). The van der Waals surface area contributed by atoms with Crippen LogP contribution in [0, 0.1) is 5.92 Å². The smallest absolute Gasteiger partial charge is 1.00 e. The number of rotatable bonds is 3. The van der Waals surface area contributed by atoms with E-state index < -0.39 is 15.1 Å². The second-order valence-electron chi connectivity index (χ2n) is 8.39. The molecule has 0 saturated carbocycles. The number of carbonyl (C=O) groups excluding carboxylic acids is 1. The molecule has 36 heavy (non-hydrogen) atoms. The summed E-state index contributed by atoms with van der Waals surface area (Å²) in [6.07, 6.45) is 5.41. The maximum atomic E-state index is 12.9. The van der Waals surface area contributed by atoms with Gasteiger partial charge in [-0.1, -0.05) is 18.2 Å². The van der Waals surface area contributed by atoms with E-state index in [9.17, 15) is 47.2 Å². The van der Waals surface area contributed by atoms with Gasteiger partial charge in [0, 0.05) is 42.8 Å². The van der Waals surface area contributed by atoms with Crippen LogP contribution < -0.4 is 0 Å². The van der Waals surface area contributed by atoms with Crippen LogP contribution >= 0.6 is 7.81 Å². The predicted octanol–water partition coefficient (Wildman–Crippen LogP) is 7.81.